The van der Waals surface area contributed by atoms with Gasteiger partial charge in [-0.15, -0.1) is 0 Å². The van der Waals surface area contributed by atoms with Gasteiger partial charge in [0.15, 0.2) is 0 Å². The Labute approximate surface area is 185 Å². The molecule has 1 spiro atoms. The number of nitrogens with zero attached hydrogens (tertiary/aromatic N) is 2. The van der Waals surface area contributed by atoms with Crippen LogP contribution in [-0.2, 0) is 14.9 Å². The highest BCUT2D eigenvalue weighted by Gasteiger charge is 2.51. The molecule has 1 aromatic heterocycles. The van der Waals surface area contributed by atoms with Gasteiger partial charge in [0, 0.05) is 28.9 Å². The molecule has 5 rings (SSSR count). The second-order valence-electron chi connectivity index (χ2n) is 8.38. The third-order valence-electron chi connectivity index (χ3n) is 6.17. The zero-order valence-corrected chi connectivity index (χ0v) is 17.5. The lowest BCUT2D eigenvalue weighted by molar-refractivity contribution is -0.124. The van der Waals surface area contributed by atoms with Crippen molar-refractivity contribution in [2.45, 2.75) is 24.9 Å². The molecule has 0 saturated carbocycles. The van der Waals surface area contributed by atoms with Crippen LogP contribution in [0.3, 0.4) is 0 Å². The molecule has 2 aliphatic rings. The van der Waals surface area contributed by atoms with E-state index in [-0.39, 0.29) is 17.6 Å². The molecule has 6 nitrogen and oxygen atoms in total. The SMILES string of the molecule is Cc1ccc(NC(=O)C2CC3(CO2)CN(C(=O)c2ccc(F)cc2)c2ccccc23)cn1. The standard InChI is InChI=1S/C25H22FN3O3/c1-16-6-11-19(13-27-16)28-23(30)22-12-25(15-32-22)14-29(21-5-3-2-4-20(21)25)24(31)17-7-9-18(26)10-8-17/h2-11,13,22H,12,14-15H2,1H3,(H,28,30). The number of fused-ring (bicyclic) bond motifs is 2. The lowest BCUT2D eigenvalue weighted by Crippen LogP contribution is -2.38. The van der Waals surface area contributed by atoms with Crippen molar-refractivity contribution in [3.05, 3.63) is 89.5 Å². The van der Waals surface area contributed by atoms with Gasteiger partial charge in [0.25, 0.3) is 11.8 Å². The summed E-state index contributed by atoms with van der Waals surface area (Å²) in [6.45, 7) is 2.62. The van der Waals surface area contributed by atoms with E-state index in [4.69, 9.17) is 4.74 Å². The van der Waals surface area contributed by atoms with Crippen LogP contribution in [0, 0.1) is 12.7 Å². The van der Waals surface area contributed by atoms with Crippen molar-refractivity contribution in [3.8, 4) is 0 Å². The molecule has 0 aliphatic carbocycles. The minimum Gasteiger partial charge on any atom is -0.367 e. The van der Waals surface area contributed by atoms with Crippen molar-refractivity contribution in [1.82, 2.24) is 4.98 Å². The Balaban J connectivity index is 1.38. The molecule has 2 aromatic carbocycles. The fourth-order valence-corrected chi connectivity index (χ4v) is 4.52. The van der Waals surface area contributed by atoms with Gasteiger partial charge in [-0.05, 0) is 61.4 Å². The number of para-hydroxylation sites is 1. The van der Waals surface area contributed by atoms with Gasteiger partial charge in [0.1, 0.15) is 11.9 Å². The summed E-state index contributed by atoms with van der Waals surface area (Å²) in [7, 11) is 0. The molecule has 32 heavy (non-hydrogen) atoms. The van der Waals surface area contributed by atoms with Crippen LogP contribution >= 0.6 is 0 Å². The summed E-state index contributed by atoms with van der Waals surface area (Å²) in [5.41, 5.74) is 3.22. The summed E-state index contributed by atoms with van der Waals surface area (Å²) in [6.07, 6.45) is 1.44. The molecule has 2 amide bonds. The maximum atomic E-state index is 13.3. The van der Waals surface area contributed by atoms with Crippen molar-refractivity contribution in [2.75, 3.05) is 23.4 Å². The fourth-order valence-electron chi connectivity index (χ4n) is 4.52. The van der Waals surface area contributed by atoms with E-state index in [0.717, 1.165) is 16.9 Å². The predicted molar refractivity (Wildman–Crippen MR) is 118 cm³/mol. The highest BCUT2D eigenvalue weighted by atomic mass is 19.1. The first-order valence-electron chi connectivity index (χ1n) is 10.5. The fraction of sp³-hybridized carbons (Fsp3) is 0.240. The number of carbonyl (C=O) groups excluding carboxylic acids is 2. The summed E-state index contributed by atoms with van der Waals surface area (Å²) in [5, 5.41) is 2.86. The Morgan fingerprint density at radius 3 is 2.66 bits per heavy atom. The number of hydrogen-bond donors (Lipinski definition) is 1. The van der Waals surface area contributed by atoms with Crippen molar-refractivity contribution >= 4 is 23.2 Å². The number of rotatable bonds is 3. The van der Waals surface area contributed by atoms with Gasteiger partial charge in [-0.1, -0.05) is 18.2 Å². The molecule has 0 radical (unpaired) electrons. The molecule has 1 fully saturated rings. The van der Waals surface area contributed by atoms with Crippen LogP contribution in [0.1, 0.15) is 28.0 Å². The van der Waals surface area contributed by atoms with Crippen molar-refractivity contribution in [2.24, 2.45) is 0 Å². The van der Waals surface area contributed by atoms with E-state index in [0.29, 0.717) is 30.8 Å². The molecule has 3 heterocycles. The monoisotopic (exact) mass is 431 g/mol. The van der Waals surface area contributed by atoms with Crippen molar-refractivity contribution in [1.29, 1.82) is 0 Å². The van der Waals surface area contributed by atoms with Crippen LogP contribution in [0.2, 0.25) is 0 Å². The Kier molecular flexibility index (Phi) is 4.98. The third kappa shape index (κ3) is 3.54. The van der Waals surface area contributed by atoms with E-state index >= 15 is 0 Å². The van der Waals surface area contributed by atoms with Gasteiger partial charge in [0.05, 0.1) is 18.5 Å². The second kappa shape index (κ2) is 7.84. The number of aryl methyl sites for hydroxylation is 1. The number of halogens is 1. The highest BCUT2D eigenvalue weighted by molar-refractivity contribution is 6.08. The smallest absolute Gasteiger partial charge is 0.258 e. The molecule has 1 saturated heterocycles. The molecule has 162 valence electrons. The average molecular weight is 431 g/mol. The van der Waals surface area contributed by atoms with Crippen molar-refractivity contribution in [3.63, 3.8) is 0 Å². The summed E-state index contributed by atoms with van der Waals surface area (Å²) in [6, 6.07) is 16.9. The van der Waals surface area contributed by atoms with Gasteiger partial charge in [-0.25, -0.2) is 4.39 Å². The summed E-state index contributed by atoms with van der Waals surface area (Å²) < 4.78 is 19.3. The maximum Gasteiger partial charge on any atom is 0.258 e. The zero-order valence-electron chi connectivity index (χ0n) is 17.5. The first kappa shape index (κ1) is 20.3. The van der Waals surface area contributed by atoms with Gasteiger partial charge in [-0.2, -0.15) is 0 Å². The van der Waals surface area contributed by atoms with E-state index in [1.165, 1.54) is 24.3 Å². The number of amides is 2. The molecule has 0 bridgehead atoms. The molecule has 7 heteroatoms. The summed E-state index contributed by atoms with van der Waals surface area (Å²) in [5.74, 6) is -0.817. The van der Waals surface area contributed by atoms with Gasteiger partial charge in [-0.3, -0.25) is 14.6 Å². The molecular formula is C25H22FN3O3. The average Bonchev–Trinajstić information content (AvgIpc) is 3.38. The number of hydrogen-bond acceptors (Lipinski definition) is 4. The highest BCUT2D eigenvalue weighted by Crippen LogP contribution is 2.47. The number of ether oxygens (including phenoxy) is 1. The number of pyridine rings is 1. The topological polar surface area (TPSA) is 71.5 Å². The Morgan fingerprint density at radius 2 is 1.91 bits per heavy atom. The van der Waals surface area contributed by atoms with E-state index < -0.39 is 11.5 Å². The first-order valence-corrected chi connectivity index (χ1v) is 10.5. The van der Waals surface area contributed by atoms with Crippen LogP contribution < -0.4 is 10.2 Å². The number of benzene rings is 2. The molecule has 3 aromatic rings. The lowest BCUT2D eigenvalue weighted by atomic mass is 9.80. The quantitative estimate of drug-likeness (QED) is 0.684. The molecule has 2 aliphatic heterocycles. The van der Waals surface area contributed by atoms with Crippen LogP contribution in [-0.4, -0.2) is 36.1 Å². The van der Waals surface area contributed by atoms with Gasteiger partial charge < -0.3 is 15.0 Å². The normalized spacial score (nSPS) is 21.6. The lowest BCUT2D eigenvalue weighted by Gasteiger charge is -2.23. The van der Waals surface area contributed by atoms with E-state index in [9.17, 15) is 14.0 Å². The van der Waals surface area contributed by atoms with Crippen molar-refractivity contribution < 1.29 is 18.7 Å². The van der Waals surface area contributed by atoms with E-state index in [1.807, 2.05) is 37.3 Å². The molecule has 1 N–H and O–H groups in total. The first-order chi connectivity index (χ1) is 15.4. The Hall–Kier alpha value is -3.58. The summed E-state index contributed by atoms with van der Waals surface area (Å²) in [4.78, 5) is 32.0. The number of aromatic nitrogens is 1. The third-order valence-corrected chi connectivity index (χ3v) is 6.17. The number of nitrogens with one attached hydrogen (secondary N) is 1. The van der Waals surface area contributed by atoms with Crippen LogP contribution in [0.5, 0.6) is 0 Å². The zero-order chi connectivity index (χ0) is 22.3. The largest absolute Gasteiger partial charge is 0.367 e. The van der Waals surface area contributed by atoms with Gasteiger partial charge >= 0.3 is 0 Å². The predicted octanol–water partition coefficient (Wildman–Crippen LogP) is 3.85. The van der Waals surface area contributed by atoms with E-state index in [1.54, 1.807) is 17.2 Å². The molecule has 2 atom stereocenters. The summed E-state index contributed by atoms with van der Waals surface area (Å²) >= 11 is 0. The molecule has 2 unspecified atom stereocenters. The second-order valence-corrected chi connectivity index (χ2v) is 8.38. The van der Waals surface area contributed by atoms with Crippen LogP contribution in [0.15, 0.2) is 66.9 Å². The van der Waals surface area contributed by atoms with Gasteiger partial charge in [0.2, 0.25) is 0 Å². The van der Waals surface area contributed by atoms with Crippen LogP contribution in [0.25, 0.3) is 0 Å². The Morgan fingerprint density at radius 1 is 1.12 bits per heavy atom. The minimum atomic E-state index is -0.634. The number of anilines is 2. The van der Waals surface area contributed by atoms with Crippen LogP contribution in [0.4, 0.5) is 15.8 Å². The maximum absolute atomic E-state index is 13.3. The minimum absolute atomic E-state index is 0.201. The Bertz CT molecular complexity index is 1180. The molecular weight excluding hydrogens is 409 g/mol. The number of carbonyl (C=O) groups is 2. The van der Waals surface area contributed by atoms with E-state index in [2.05, 4.69) is 10.3 Å².